The lowest BCUT2D eigenvalue weighted by Crippen LogP contribution is -2.15. The van der Waals surface area contributed by atoms with Crippen molar-refractivity contribution >= 4 is 5.97 Å². The lowest BCUT2D eigenvalue weighted by molar-refractivity contribution is -0.138. The minimum atomic E-state index is -4.56. The van der Waals surface area contributed by atoms with Gasteiger partial charge in [0.05, 0.1) is 17.7 Å². The molecule has 1 unspecified atom stereocenters. The quantitative estimate of drug-likeness (QED) is 0.540. The zero-order chi connectivity index (χ0) is 20.0. The molecule has 2 aromatic rings. The zero-order valence-corrected chi connectivity index (χ0v) is 15.2. The first-order valence-electron chi connectivity index (χ1n) is 8.58. The normalized spacial score (nSPS) is 18.3. The maximum Gasteiger partial charge on any atom is 0.418 e. The molecule has 0 radical (unpaired) electrons. The largest absolute Gasteiger partial charge is 0.462 e. The van der Waals surface area contributed by atoms with Gasteiger partial charge in [0.25, 0.3) is 0 Å². The van der Waals surface area contributed by atoms with Gasteiger partial charge in [-0.3, -0.25) is 4.98 Å². The van der Waals surface area contributed by atoms with E-state index in [4.69, 9.17) is 4.74 Å². The molecular weight excluding hydrogens is 362 g/mol. The van der Waals surface area contributed by atoms with Crippen LogP contribution in [-0.2, 0) is 16.3 Å². The summed E-state index contributed by atoms with van der Waals surface area (Å²) >= 11 is 0. The number of alkyl halides is 3. The Morgan fingerprint density at radius 2 is 2.00 bits per heavy atom. The average Bonchev–Trinajstić information content (AvgIpc) is 2.84. The number of fused-ring (bicyclic) bond motifs is 1. The molecule has 0 amide bonds. The highest BCUT2D eigenvalue weighted by Gasteiger charge is 2.43. The van der Waals surface area contributed by atoms with Gasteiger partial charge in [0.15, 0.2) is 0 Å². The molecule has 1 atom stereocenters. The Hall–Kier alpha value is -2.44. The van der Waals surface area contributed by atoms with E-state index in [0.29, 0.717) is 17.5 Å². The van der Waals surface area contributed by atoms with Crippen LogP contribution in [0.25, 0.3) is 0 Å². The lowest BCUT2D eigenvalue weighted by Gasteiger charge is -2.21. The molecule has 1 aliphatic rings. The van der Waals surface area contributed by atoms with Gasteiger partial charge in [0.2, 0.25) is 0 Å². The molecule has 0 aliphatic heterocycles. The summed E-state index contributed by atoms with van der Waals surface area (Å²) in [6.07, 6.45) is -2.08. The van der Waals surface area contributed by atoms with Crippen molar-refractivity contribution in [1.29, 1.82) is 0 Å². The minimum Gasteiger partial charge on any atom is -0.462 e. The van der Waals surface area contributed by atoms with Crippen molar-refractivity contribution in [2.45, 2.75) is 44.7 Å². The van der Waals surface area contributed by atoms with Gasteiger partial charge < -0.3 is 4.74 Å². The molecule has 0 bridgehead atoms. The van der Waals surface area contributed by atoms with Crippen LogP contribution in [-0.4, -0.2) is 17.6 Å². The summed E-state index contributed by atoms with van der Waals surface area (Å²) in [4.78, 5) is 15.6. The van der Waals surface area contributed by atoms with E-state index in [-0.39, 0.29) is 17.7 Å². The van der Waals surface area contributed by atoms with Crippen LogP contribution < -0.4 is 0 Å². The molecule has 27 heavy (non-hydrogen) atoms. The first-order valence-corrected chi connectivity index (χ1v) is 8.58. The lowest BCUT2D eigenvalue weighted by atomic mass is 9.84. The van der Waals surface area contributed by atoms with E-state index in [2.05, 4.69) is 4.98 Å². The number of benzene rings is 1. The van der Waals surface area contributed by atoms with Crippen LogP contribution in [0.5, 0.6) is 0 Å². The van der Waals surface area contributed by atoms with Crippen LogP contribution in [0.15, 0.2) is 30.6 Å². The number of nitrogens with zero attached hydrogens (tertiary/aromatic N) is 1. The number of carbonyl (C=O) groups is 1. The van der Waals surface area contributed by atoms with Crippen LogP contribution in [0.4, 0.5) is 17.6 Å². The number of aromatic nitrogens is 1. The maximum absolute atomic E-state index is 14.5. The fourth-order valence-corrected chi connectivity index (χ4v) is 3.78. The Kier molecular flexibility index (Phi) is 4.74. The zero-order valence-electron chi connectivity index (χ0n) is 15.2. The fraction of sp³-hybridized carbons (Fsp3) is 0.400. The Bertz CT molecular complexity index is 890. The van der Waals surface area contributed by atoms with Gasteiger partial charge in [0, 0.05) is 18.3 Å². The van der Waals surface area contributed by atoms with Gasteiger partial charge in [-0.15, -0.1) is 0 Å². The molecule has 3 rings (SSSR count). The third-order valence-corrected chi connectivity index (χ3v) is 4.99. The highest BCUT2D eigenvalue weighted by molar-refractivity contribution is 5.90. The number of esters is 1. The van der Waals surface area contributed by atoms with E-state index in [1.807, 2.05) is 13.8 Å². The van der Waals surface area contributed by atoms with Crippen molar-refractivity contribution in [2.24, 2.45) is 0 Å². The molecule has 1 aliphatic carbocycles. The highest BCUT2D eigenvalue weighted by atomic mass is 19.4. The van der Waals surface area contributed by atoms with Gasteiger partial charge in [-0.25, -0.2) is 9.18 Å². The summed E-state index contributed by atoms with van der Waals surface area (Å²) in [5.41, 5.74) is -0.434. The number of pyridine rings is 1. The highest BCUT2D eigenvalue weighted by Crippen LogP contribution is 2.51. The molecule has 1 aromatic heterocycles. The first kappa shape index (κ1) is 19.3. The minimum absolute atomic E-state index is 0.0748. The number of carbonyl (C=O) groups excluding carboxylic acids is 1. The van der Waals surface area contributed by atoms with Gasteiger partial charge in [-0.2, -0.15) is 13.2 Å². The smallest absolute Gasteiger partial charge is 0.418 e. The second kappa shape index (κ2) is 6.62. The first-order chi connectivity index (χ1) is 12.6. The SMILES string of the molecule is CCOC(=O)c1cc2c(cc1F)C(C)(C)CC2c1ccncc1C(F)(F)F. The van der Waals surface area contributed by atoms with E-state index in [9.17, 15) is 22.4 Å². The Balaban J connectivity index is 2.19. The number of hydrogen-bond donors (Lipinski definition) is 0. The molecule has 0 saturated carbocycles. The third kappa shape index (κ3) is 3.42. The van der Waals surface area contributed by atoms with E-state index in [1.54, 1.807) is 6.92 Å². The average molecular weight is 381 g/mol. The van der Waals surface area contributed by atoms with Gasteiger partial charge >= 0.3 is 12.1 Å². The predicted molar refractivity (Wildman–Crippen MR) is 91.1 cm³/mol. The Morgan fingerprint density at radius 1 is 1.30 bits per heavy atom. The summed E-state index contributed by atoms with van der Waals surface area (Å²) in [5, 5.41) is 0. The van der Waals surface area contributed by atoms with Crippen molar-refractivity contribution in [3.05, 3.63) is 64.2 Å². The second-order valence-corrected chi connectivity index (χ2v) is 7.24. The van der Waals surface area contributed by atoms with Crippen molar-refractivity contribution in [2.75, 3.05) is 6.61 Å². The van der Waals surface area contributed by atoms with Gasteiger partial charge in [0.1, 0.15) is 5.82 Å². The topological polar surface area (TPSA) is 39.2 Å². The fourth-order valence-electron chi connectivity index (χ4n) is 3.78. The van der Waals surface area contributed by atoms with E-state index < -0.39 is 34.9 Å². The molecule has 0 spiro atoms. The molecule has 1 aromatic carbocycles. The second-order valence-electron chi connectivity index (χ2n) is 7.24. The van der Waals surface area contributed by atoms with E-state index >= 15 is 0 Å². The molecule has 144 valence electrons. The van der Waals surface area contributed by atoms with Crippen LogP contribution in [0.1, 0.15) is 65.7 Å². The Morgan fingerprint density at radius 3 is 2.63 bits per heavy atom. The van der Waals surface area contributed by atoms with Gasteiger partial charge in [-0.1, -0.05) is 13.8 Å². The van der Waals surface area contributed by atoms with Crippen LogP contribution in [0, 0.1) is 5.82 Å². The summed E-state index contributed by atoms with van der Waals surface area (Å²) in [5.74, 6) is -2.18. The van der Waals surface area contributed by atoms with Crippen LogP contribution in [0.2, 0.25) is 0 Å². The van der Waals surface area contributed by atoms with E-state index in [1.165, 1.54) is 24.4 Å². The molecule has 0 saturated heterocycles. The molecule has 7 heteroatoms. The number of halogens is 4. The summed E-state index contributed by atoms with van der Waals surface area (Å²) < 4.78 is 59.7. The predicted octanol–water partition coefficient (Wildman–Crippen LogP) is 5.23. The molecule has 0 N–H and O–H groups in total. The van der Waals surface area contributed by atoms with Crippen LogP contribution in [0.3, 0.4) is 0 Å². The van der Waals surface area contributed by atoms with E-state index in [0.717, 1.165) is 6.20 Å². The molecular formula is C20H19F4NO2. The third-order valence-electron chi connectivity index (χ3n) is 4.99. The Labute approximate surface area is 154 Å². The summed E-state index contributed by atoms with van der Waals surface area (Å²) in [6.45, 7) is 5.38. The number of ether oxygens (including phenoxy) is 1. The maximum atomic E-state index is 14.5. The molecule has 3 nitrogen and oxygen atoms in total. The van der Waals surface area contributed by atoms with Crippen LogP contribution >= 0.6 is 0 Å². The van der Waals surface area contributed by atoms with Crippen molar-refractivity contribution in [1.82, 2.24) is 4.98 Å². The van der Waals surface area contributed by atoms with Gasteiger partial charge in [-0.05, 0) is 53.6 Å². The summed E-state index contributed by atoms with van der Waals surface area (Å²) in [7, 11) is 0. The monoisotopic (exact) mass is 381 g/mol. The standard InChI is InChI=1S/C20H19F4NO2/c1-4-27-18(26)13-7-12-14(9-19(2,3)15(12)8-17(13)21)11-5-6-25-10-16(11)20(22,23)24/h5-8,10,14H,4,9H2,1-3H3. The molecule has 1 heterocycles. The summed E-state index contributed by atoms with van der Waals surface area (Å²) in [6, 6.07) is 3.92. The number of hydrogen-bond acceptors (Lipinski definition) is 3. The van der Waals surface area contributed by atoms with Crippen molar-refractivity contribution < 1.29 is 27.1 Å². The van der Waals surface area contributed by atoms with Crippen molar-refractivity contribution in [3.8, 4) is 0 Å². The molecule has 0 fully saturated rings. The van der Waals surface area contributed by atoms with Crippen molar-refractivity contribution in [3.63, 3.8) is 0 Å². The number of rotatable bonds is 3.